The van der Waals surface area contributed by atoms with Gasteiger partial charge in [0, 0.05) is 6.61 Å². The third-order valence-electron chi connectivity index (χ3n) is 2.26. The molecule has 1 rings (SSSR count). The van der Waals surface area contributed by atoms with Gasteiger partial charge in [-0.3, -0.25) is 9.59 Å². The lowest BCUT2D eigenvalue weighted by Gasteiger charge is -2.22. The number of hydrogen-bond acceptors (Lipinski definition) is 3. The summed E-state index contributed by atoms with van der Waals surface area (Å²) in [4.78, 5) is 21.9. The number of amides is 1. The van der Waals surface area contributed by atoms with Crippen molar-refractivity contribution in [3.63, 3.8) is 0 Å². The monoisotopic (exact) mass is 201 g/mol. The van der Waals surface area contributed by atoms with E-state index in [2.05, 4.69) is 5.32 Å². The summed E-state index contributed by atoms with van der Waals surface area (Å²) in [6, 6.07) is -0.829. The molecule has 1 heterocycles. The van der Waals surface area contributed by atoms with Crippen LogP contribution in [0.4, 0.5) is 0 Å². The number of aliphatic carboxylic acids is 1. The predicted octanol–water partition coefficient (Wildman–Crippen LogP) is 0.00230. The van der Waals surface area contributed by atoms with Crippen LogP contribution in [0.3, 0.4) is 0 Å². The van der Waals surface area contributed by atoms with Gasteiger partial charge in [-0.05, 0) is 19.8 Å². The molecule has 1 aliphatic heterocycles. The van der Waals surface area contributed by atoms with Gasteiger partial charge in [0.25, 0.3) is 0 Å². The maximum atomic E-state index is 11.5. The SMILES string of the molecule is C[C@H](NC(=O)C1CCCOC1)C(=O)O. The van der Waals surface area contributed by atoms with E-state index in [-0.39, 0.29) is 11.8 Å². The number of carbonyl (C=O) groups excluding carboxylic acids is 1. The minimum atomic E-state index is -1.02. The molecule has 5 nitrogen and oxygen atoms in total. The van der Waals surface area contributed by atoms with Crippen molar-refractivity contribution in [3.05, 3.63) is 0 Å². The molecular formula is C9H15NO4. The Morgan fingerprint density at radius 1 is 1.57 bits per heavy atom. The van der Waals surface area contributed by atoms with Gasteiger partial charge >= 0.3 is 5.97 Å². The molecule has 0 aromatic carbocycles. The first-order chi connectivity index (χ1) is 6.61. The number of hydrogen-bond donors (Lipinski definition) is 2. The van der Waals surface area contributed by atoms with Crippen LogP contribution in [-0.2, 0) is 14.3 Å². The molecule has 2 atom stereocenters. The minimum absolute atomic E-state index is 0.189. The van der Waals surface area contributed by atoms with Crippen molar-refractivity contribution in [3.8, 4) is 0 Å². The summed E-state index contributed by atoms with van der Waals surface area (Å²) in [5, 5.41) is 11.0. The van der Waals surface area contributed by atoms with E-state index in [4.69, 9.17) is 9.84 Å². The molecule has 0 aromatic rings. The van der Waals surface area contributed by atoms with Crippen LogP contribution >= 0.6 is 0 Å². The Morgan fingerprint density at radius 3 is 2.79 bits per heavy atom. The fraction of sp³-hybridized carbons (Fsp3) is 0.778. The summed E-state index contributed by atoms with van der Waals surface area (Å²) in [5.74, 6) is -1.43. The van der Waals surface area contributed by atoms with Crippen LogP contribution in [0.2, 0.25) is 0 Å². The number of nitrogens with one attached hydrogen (secondary N) is 1. The molecule has 1 amide bonds. The zero-order valence-electron chi connectivity index (χ0n) is 8.16. The van der Waals surface area contributed by atoms with E-state index in [9.17, 15) is 9.59 Å². The fourth-order valence-corrected chi connectivity index (χ4v) is 1.34. The van der Waals surface area contributed by atoms with E-state index < -0.39 is 12.0 Å². The first-order valence-corrected chi connectivity index (χ1v) is 4.72. The third kappa shape index (κ3) is 2.99. The normalized spacial score (nSPS) is 23.9. The van der Waals surface area contributed by atoms with Gasteiger partial charge in [0.2, 0.25) is 5.91 Å². The van der Waals surface area contributed by atoms with Crippen LogP contribution in [0, 0.1) is 5.92 Å². The number of rotatable bonds is 3. The highest BCUT2D eigenvalue weighted by atomic mass is 16.5. The Kier molecular flexibility index (Phi) is 3.88. The van der Waals surface area contributed by atoms with E-state index in [1.807, 2.05) is 0 Å². The van der Waals surface area contributed by atoms with E-state index >= 15 is 0 Å². The molecule has 80 valence electrons. The molecule has 0 aliphatic carbocycles. The molecule has 14 heavy (non-hydrogen) atoms. The minimum Gasteiger partial charge on any atom is -0.480 e. The Morgan fingerprint density at radius 2 is 2.29 bits per heavy atom. The van der Waals surface area contributed by atoms with Crippen LogP contribution in [0.15, 0.2) is 0 Å². The van der Waals surface area contributed by atoms with Gasteiger partial charge in [-0.15, -0.1) is 0 Å². The maximum absolute atomic E-state index is 11.5. The van der Waals surface area contributed by atoms with Crippen LogP contribution < -0.4 is 5.32 Å². The van der Waals surface area contributed by atoms with Gasteiger partial charge in [-0.25, -0.2) is 0 Å². The van der Waals surface area contributed by atoms with Gasteiger partial charge < -0.3 is 15.2 Å². The number of ether oxygens (including phenoxy) is 1. The van der Waals surface area contributed by atoms with E-state index in [0.29, 0.717) is 13.2 Å². The molecule has 2 N–H and O–H groups in total. The van der Waals surface area contributed by atoms with Gasteiger partial charge in [0.15, 0.2) is 0 Å². The summed E-state index contributed by atoms with van der Waals surface area (Å²) >= 11 is 0. The predicted molar refractivity (Wildman–Crippen MR) is 48.8 cm³/mol. The van der Waals surface area contributed by atoms with E-state index in [0.717, 1.165) is 12.8 Å². The lowest BCUT2D eigenvalue weighted by molar-refractivity contribution is -0.142. The van der Waals surface area contributed by atoms with Crippen molar-refractivity contribution in [1.82, 2.24) is 5.32 Å². The summed E-state index contributed by atoms with van der Waals surface area (Å²) in [5.41, 5.74) is 0. The Balaban J connectivity index is 2.36. The second-order valence-electron chi connectivity index (χ2n) is 3.48. The fourth-order valence-electron chi connectivity index (χ4n) is 1.34. The summed E-state index contributed by atoms with van der Waals surface area (Å²) < 4.78 is 5.14. The highest BCUT2D eigenvalue weighted by molar-refractivity contribution is 5.84. The topological polar surface area (TPSA) is 75.6 Å². The molecule has 1 unspecified atom stereocenters. The average Bonchev–Trinajstić information content (AvgIpc) is 2.19. The van der Waals surface area contributed by atoms with Crippen LogP contribution in [0.1, 0.15) is 19.8 Å². The number of carbonyl (C=O) groups is 2. The summed E-state index contributed by atoms with van der Waals surface area (Å²) in [6.45, 7) is 2.54. The summed E-state index contributed by atoms with van der Waals surface area (Å²) in [6.07, 6.45) is 1.64. The third-order valence-corrected chi connectivity index (χ3v) is 2.26. The molecule has 1 saturated heterocycles. The van der Waals surface area contributed by atoms with Crippen molar-refractivity contribution in [2.24, 2.45) is 5.92 Å². The number of carboxylic acid groups (broad SMARTS) is 1. The van der Waals surface area contributed by atoms with Gasteiger partial charge in [-0.1, -0.05) is 0 Å². The molecule has 0 spiro atoms. The van der Waals surface area contributed by atoms with Crippen molar-refractivity contribution in [1.29, 1.82) is 0 Å². The van der Waals surface area contributed by atoms with E-state index in [1.54, 1.807) is 0 Å². The molecule has 0 saturated carbocycles. The van der Waals surface area contributed by atoms with Crippen molar-refractivity contribution in [2.75, 3.05) is 13.2 Å². The lowest BCUT2D eigenvalue weighted by Crippen LogP contribution is -2.43. The zero-order chi connectivity index (χ0) is 10.6. The standard InChI is InChI=1S/C9H15NO4/c1-6(9(12)13)10-8(11)7-3-2-4-14-5-7/h6-7H,2-5H2,1H3,(H,10,11)(H,12,13)/t6-,7?/m0/s1. The highest BCUT2D eigenvalue weighted by Crippen LogP contribution is 2.13. The molecule has 0 bridgehead atoms. The second-order valence-corrected chi connectivity index (χ2v) is 3.48. The first-order valence-electron chi connectivity index (χ1n) is 4.72. The maximum Gasteiger partial charge on any atom is 0.325 e. The lowest BCUT2D eigenvalue weighted by atomic mass is 10.0. The molecule has 1 fully saturated rings. The van der Waals surface area contributed by atoms with Gasteiger partial charge in [-0.2, -0.15) is 0 Å². The summed E-state index contributed by atoms with van der Waals surface area (Å²) in [7, 11) is 0. The smallest absolute Gasteiger partial charge is 0.325 e. The largest absolute Gasteiger partial charge is 0.480 e. The quantitative estimate of drug-likeness (QED) is 0.674. The van der Waals surface area contributed by atoms with Crippen molar-refractivity contribution < 1.29 is 19.4 Å². The molecule has 1 aliphatic rings. The Bertz CT molecular complexity index is 223. The first kappa shape index (κ1) is 11.0. The van der Waals surface area contributed by atoms with Crippen molar-refractivity contribution in [2.45, 2.75) is 25.8 Å². The zero-order valence-corrected chi connectivity index (χ0v) is 8.16. The Hall–Kier alpha value is -1.10. The van der Waals surface area contributed by atoms with Gasteiger partial charge in [0.1, 0.15) is 6.04 Å². The van der Waals surface area contributed by atoms with Crippen LogP contribution in [0.25, 0.3) is 0 Å². The van der Waals surface area contributed by atoms with Gasteiger partial charge in [0.05, 0.1) is 12.5 Å². The Labute approximate surface area is 82.4 Å². The van der Waals surface area contributed by atoms with E-state index in [1.165, 1.54) is 6.92 Å². The molecule has 5 heteroatoms. The van der Waals surface area contributed by atoms with Crippen LogP contribution in [0.5, 0.6) is 0 Å². The van der Waals surface area contributed by atoms with Crippen molar-refractivity contribution >= 4 is 11.9 Å². The average molecular weight is 201 g/mol. The molecular weight excluding hydrogens is 186 g/mol. The second kappa shape index (κ2) is 4.95. The molecule has 0 aromatic heterocycles. The highest BCUT2D eigenvalue weighted by Gasteiger charge is 2.24. The van der Waals surface area contributed by atoms with Crippen LogP contribution in [-0.4, -0.2) is 36.2 Å². The number of carboxylic acids is 1. The molecule has 0 radical (unpaired) electrons.